The largest absolute Gasteiger partial charge is 0.274 e. The van der Waals surface area contributed by atoms with Gasteiger partial charge in [0.25, 0.3) is 0 Å². The highest BCUT2D eigenvalue weighted by Gasteiger charge is 2.26. The minimum atomic E-state index is 0.152. The summed E-state index contributed by atoms with van der Waals surface area (Å²) < 4.78 is 1.68. The molecule has 0 bridgehead atoms. The summed E-state index contributed by atoms with van der Waals surface area (Å²) >= 11 is 0. The van der Waals surface area contributed by atoms with Crippen LogP contribution in [-0.4, -0.2) is 15.5 Å². The van der Waals surface area contributed by atoms with Crippen LogP contribution in [0.25, 0.3) is 11.0 Å². The van der Waals surface area contributed by atoms with E-state index >= 15 is 0 Å². The van der Waals surface area contributed by atoms with E-state index in [1.807, 2.05) is 24.3 Å². The molecule has 1 aliphatic rings. The lowest BCUT2D eigenvalue weighted by Gasteiger charge is -2.13. The molecule has 0 unspecified atom stereocenters. The van der Waals surface area contributed by atoms with E-state index < -0.39 is 0 Å². The summed E-state index contributed by atoms with van der Waals surface area (Å²) in [6.07, 6.45) is 0.495. The molecule has 12 heavy (non-hydrogen) atoms. The van der Waals surface area contributed by atoms with Crippen molar-refractivity contribution in [1.82, 2.24) is 9.55 Å². The normalized spacial score (nSPS) is 14.5. The van der Waals surface area contributed by atoms with E-state index in [1.165, 1.54) is 0 Å². The molecule has 58 valence electrons. The summed E-state index contributed by atoms with van der Waals surface area (Å²) in [4.78, 5) is 15.4. The number of fused-ring (bicyclic) bond motifs is 3. The SMILES string of the molecule is O=C1Cc2nc3ccccc3n21. The predicted molar refractivity (Wildman–Crippen MR) is 44.1 cm³/mol. The van der Waals surface area contributed by atoms with Crippen molar-refractivity contribution in [2.45, 2.75) is 6.42 Å². The zero-order valence-corrected chi connectivity index (χ0v) is 6.32. The van der Waals surface area contributed by atoms with Crippen molar-refractivity contribution in [2.24, 2.45) is 0 Å². The molecule has 1 aromatic heterocycles. The zero-order valence-electron chi connectivity index (χ0n) is 6.32. The third-order valence-electron chi connectivity index (χ3n) is 2.19. The fraction of sp³-hybridized carbons (Fsp3) is 0.111. The molecule has 1 aliphatic heterocycles. The van der Waals surface area contributed by atoms with Gasteiger partial charge in [-0.25, -0.2) is 4.98 Å². The molecule has 0 spiro atoms. The van der Waals surface area contributed by atoms with Gasteiger partial charge in [-0.2, -0.15) is 0 Å². The minimum Gasteiger partial charge on any atom is -0.274 e. The van der Waals surface area contributed by atoms with E-state index in [2.05, 4.69) is 4.98 Å². The van der Waals surface area contributed by atoms with Crippen LogP contribution in [-0.2, 0) is 6.42 Å². The lowest BCUT2D eigenvalue weighted by atomic mass is 10.2. The third-order valence-corrected chi connectivity index (χ3v) is 2.19. The summed E-state index contributed by atoms with van der Waals surface area (Å²) in [5, 5.41) is 0. The van der Waals surface area contributed by atoms with Crippen LogP contribution in [0.1, 0.15) is 10.6 Å². The number of nitrogens with zero attached hydrogens (tertiary/aromatic N) is 2. The van der Waals surface area contributed by atoms with Gasteiger partial charge < -0.3 is 0 Å². The van der Waals surface area contributed by atoms with Crippen molar-refractivity contribution in [1.29, 1.82) is 0 Å². The Morgan fingerprint density at radius 3 is 3.00 bits per heavy atom. The van der Waals surface area contributed by atoms with E-state index in [9.17, 15) is 4.79 Å². The van der Waals surface area contributed by atoms with Crippen molar-refractivity contribution in [3.05, 3.63) is 30.1 Å². The quantitative estimate of drug-likeness (QED) is 0.578. The second-order valence-corrected chi connectivity index (χ2v) is 2.92. The topological polar surface area (TPSA) is 34.9 Å². The Hall–Kier alpha value is -1.64. The third kappa shape index (κ3) is 0.525. The summed E-state index contributed by atoms with van der Waals surface area (Å²) in [5.41, 5.74) is 1.85. The molecule has 0 atom stereocenters. The van der Waals surface area contributed by atoms with Crippen molar-refractivity contribution in [3.8, 4) is 0 Å². The fourth-order valence-corrected chi connectivity index (χ4v) is 1.60. The van der Waals surface area contributed by atoms with Gasteiger partial charge in [-0.05, 0) is 12.1 Å². The van der Waals surface area contributed by atoms with Gasteiger partial charge in [0.15, 0.2) is 0 Å². The lowest BCUT2D eigenvalue weighted by molar-refractivity contribution is 0.0866. The van der Waals surface area contributed by atoms with Gasteiger partial charge in [-0.15, -0.1) is 0 Å². The van der Waals surface area contributed by atoms with Crippen molar-refractivity contribution < 1.29 is 4.79 Å². The van der Waals surface area contributed by atoms with E-state index in [0.29, 0.717) is 6.42 Å². The highest BCUT2D eigenvalue weighted by Crippen LogP contribution is 2.22. The second kappa shape index (κ2) is 1.75. The van der Waals surface area contributed by atoms with Gasteiger partial charge in [0, 0.05) is 0 Å². The molecule has 0 aliphatic carbocycles. The highest BCUT2D eigenvalue weighted by atomic mass is 16.2. The number of benzene rings is 1. The first-order valence-corrected chi connectivity index (χ1v) is 3.86. The first-order valence-electron chi connectivity index (χ1n) is 3.86. The van der Waals surface area contributed by atoms with Gasteiger partial charge in [0.2, 0.25) is 5.91 Å². The Balaban J connectivity index is 2.52. The summed E-state index contributed by atoms with van der Waals surface area (Å²) in [7, 11) is 0. The Kier molecular flexibility index (Phi) is 0.864. The van der Waals surface area contributed by atoms with Crippen LogP contribution in [0.15, 0.2) is 24.3 Å². The van der Waals surface area contributed by atoms with Crippen LogP contribution in [0.5, 0.6) is 0 Å². The number of hydrogen-bond acceptors (Lipinski definition) is 2. The number of imidazole rings is 1. The van der Waals surface area contributed by atoms with Crippen molar-refractivity contribution in [3.63, 3.8) is 0 Å². The first-order chi connectivity index (χ1) is 5.86. The predicted octanol–water partition coefficient (Wildman–Crippen LogP) is 1.23. The highest BCUT2D eigenvalue weighted by molar-refractivity contribution is 5.97. The number of carbonyl (C=O) groups excluding carboxylic acids is 1. The van der Waals surface area contributed by atoms with Crippen LogP contribution in [0.2, 0.25) is 0 Å². The van der Waals surface area contributed by atoms with Gasteiger partial charge in [-0.3, -0.25) is 9.36 Å². The van der Waals surface area contributed by atoms with Gasteiger partial charge in [-0.1, -0.05) is 12.1 Å². The maximum atomic E-state index is 11.1. The van der Waals surface area contributed by atoms with Crippen LogP contribution < -0.4 is 0 Å². The molecule has 2 heterocycles. The average Bonchev–Trinajstić information content (AvgIpc) is 2.35. The van der Waals surface area contributed by atoms with E-state index in [1.54, 1.807) is 4.57 Å². The van der Waals surface area contributed by atoms with Crippen LogP contribution >= 0.6 is 0 Å². The van der Waals surface area contributed by atoms with E-state index in [4.69, 9.17) is 0 Å². The number of hydrogen-bond donors (Lipinski definition) is 0. The molecule has 0 saturated heterocycles. The molecule has 0 radical (unpaired) electrons. The second-order valence-electron chi connectivity index (χ2n) is 2.92. The standard InChI is InChI=1S/C9H6N2O/c12-9-5-8-10-6-3-1-2-4-7(6)11(8)9/h1-4H,5H2. The summed E-state index contributed by atoms with van der Waals surface area (Å²) in [5.74, 6) is 1.04. The smallest absolute Gasteiger partial charge is 0.240 e. The van der Waals surface area contributed by atoms with Crippen LogP contribution in [0.4, 0.5) is 0 Å². The molecular formula is C9H6N2O. The average molecular weight is 158 g/mol. The Labute approximate surface area is 68.6 Å². The monoisotopic (exact) mass is 158 g/mol. The molecule has 3 heteroatoms. The zero-order chi connectivity index (χ0) is 8.13. The number of rotatable bonds is 0. The molecule has 0 fully saturated rings. The summed E-state index contributed by atoms with van der Waals surface area (Å²) in [6, 6.07) is 7.69. The van der Waals surface area contributed by atoms with Gasteiger partial charge >= 0.3 is 0 Å². The molecule has 3 nitrogen and oxygen atoms in total. The molecule has 2 aromatic rings. The van der Waals surface area contributed by atoms with Gasteiger partial charge in [0.05, 0.1) is 17.5 Å². The van der Waals surface area contributed by atoms with Crippen molar-refractivity contribution >= 4 is 16.9 Å². The summed E-state index contributed by atoms with van der Waals surface area (Å²) in [6.45, 7) is 0. The van der Waals surface area contributed by atoms with Gasteiger partial charge in [0.1, 0.15) is 5.82 Å². The Morgan fingerprint density at radius 2 is 2.17 bits per heavy atom. The molecular weight excluding hydrogens is 152 g/mol. The first kappa shape index (κ1) is 5.94. The maximum Gasteiger partial charge on any atom is 0.240 e. The van der Waals surface area contributed by atoms with Crippen LogP contribution in [0.3, 0.4) is 0 Å². The molecule has 0 N–H and O–H groups in total. The van der Waals surface area contributed by atoms with E-state index in [-0.39, 0.29) is 5.91 Å². The number of para-hydroxylation sites is 2. The fourth-order valence-electron chi connectivity index (χ4n) is 1.60. The van der Waals surface area contributed by atoms with Crippen LogP contribution in [0, 0.1) is 0 Å². The molecule has 3 rings (SSSR count). The molecule has 1 aromatic carbocycles. The number of aromatic nitrogens is 2. The molecule has 0 amide bonds. The number of carbonyl (C=O) groups is 1. The Bertz CT molecular complexity index is 484. The van der Waals surface area contributed by atoms with Crippen molar-refractivity contribution in [2.75, 3.05) is 0 Å². The molecule has 0 saturated carbocycles. The van der Waals surface area contributed by atoms with E-state index in [0.717, 1.165) is 16.9 Å². The maximum absolute atomic E-state index is 11.1. The lowest BCUT2D eigenvalue weighted by Crippen LogP contribution is -2.27. The minimum absolute atomic E-state index is 0.152. The Morgan fingerprint density at radius 1 is 1.33 bits per heavy atom.